The standard InChI is InChI=1S/C27H30N2O6/c1-27(25(31)32)16-29(12-13-35-27)24(30)14-23(17-10-11-17)28-26(33)34-15-22-20-8-4-2-6-18(20)19-7-3-5-9-21(19)22/h2-9,17,22-23H,10-16H2,1H3,(H,28,33)(H,31,32). The van der Waals surface area contributed by atoms with E-state index in [9.17, 15) is 19.5 Å². The van der Waals surface area contributed by atoms with Crippen molar-refractivity contribution in [1.29, 1.82) is 0 Å². The fourth-order valence-electron chi connectivity index (χ4n) is 5.16. The second kappa shape index (κ2) is 9.34. The van der Waals surface area contributed by atoms with Crippen molar-refractivity contribution < 1.29 is 29.0 Å². The van der Waals surface area contributed by atoms with Crippen LogP contribution < -0.4 is 5.32 Å². The number of carboxylic acids is 1. The molecule has 2 aromatic carbocycles. The largest absolute Gasteiger partial charge is 0.479 e. The maximum Gasteiger partial charge on any atom is 0.407 e. The molecule has 184 valence electrons. The fourth-order valence-corrected chi connectivity index (χ4v) is 5.16. The van der Waals surface area contributed by atoms with Crippen LogP contribution in [0.1, 0.15) is 43.2 Å². The van der Waals surface area contributed by atoms with Gasteiger partial charge in [0.05, 0.1) is 13.2 Å². The Balaban J connectivity index is 1.20. The van der Waals surface area contributed by atoms with E-state index in [2.05, 4.69) is 29.6 Å². The number of benzene rings is 2. The molecular weight excluding hydrogens is 448 g/mol. The molecule has 1 saturated heterocycles. The monoisotopic (exact) mass is 478 g/mol. The predicted octanol–water partition coefficient (Wildman–Crippen LogP) is 3.40. The van der Waals surface area contributed by atoms with Crippen molar-refractivity contribution in [2.45, 2.75) is 43.7 Å². The van der Waals surface area contributed by atoms with Gasteiger partial charge in [0, 0.05) is 24.9 Å². The lowest BCUT2D eigenvalue weighted by Gasteiger charge is -2.38. The Bertz CT molecular complexity index is 1100. The van der Waals surface area contributed by atoms with Gasteiger partial charge in [-0.25, -0.2) is 9.59 Å². The third-order valence-corrected chi connectivity index (χ3v) is 7.31. The predicted molar refractivity (Wildman–Crippen MR) is 128 cm³/mol. The topological polar surface area (TPSA) is 105 Å². The quantitative estimate of drug-likeness (QED) is 0.632. The molecule has 2 amide bonds. The highest BCUT2D eigenvalue weighted by atomic mass is 16.5. The highest BCUT2D eigenvalue weighted by molar-refractivity contribution is 5.82. The number of hydrogen-bond acceptors (Lipinski definition) is 5. The lowest BCUT2D eigenvalue weighted by atomic mass is 9.98. The van der Waals surface area contributed by atoms with Gasteiger partial charge in [-0.15, -0.1) is 0 Å². The summed E-state index contributed by atoms with van der Waals surface area (Å²) in [5.41, 5.74) is 3.20. The van der Waals surface area contributed by atoms with E-state index in [0.29, 0.717) is 6.54 Å². The van der Waals surface area contributed by atoms with Gasteiger partial charge in [-0.2, -0.15) is 0 Å². The van der Waals surface area contributed by atoms with Gasteiger partial charge >= 0.3 is 12.1 Å². The molecule has 2 aromatic rings. The first kappa shape index (κ1) is 23.4. The molecule has 0 spiro atoms. The average Bonchev–Trinajstić information content (AvgIpc) is 3.65. The first-order valence-corrected chi connectivity index (χ1v) is 12.1. The molecular formula is C27H30N2O6. The lowest BCUT2D eigenvalue weighted by Crippen LogP contribution is -2.56. The summed E-state index contributed by atoms with van der Waals surface area (Å²) in [5.74, 6) is -1.08. The number of hydrogen-bond donors (Lipinski definition) is 2. The Kier molecular flexibility index (Phi) is 6.23. The van der Waals surface area contributed by atoms with Gasteiger partial charge in [-0.1, -0.05) is 48.5 Å². The number of rotatable bonds is 7. The van der Waals surface area contributed by atoms with Crippen molar-refractivity contribution in [3.8, 4) is 11.1 Å². The molecule has 2 aliphatic carbocycles. The molecule has 2 N–H and O–H groups in total. The molecule has 1 heterocycles. The highest BCUT2D eigenvalue weighted by Crippen LogP contribution is 2.44. The van der Waals surface area contributed by atoms with Gasteiger partial charge in [0.15, 0.2) is 5.60 Å². The van der Waals surface area contributed by atoms with Gasteiger partial charge < -0.3 is 24.8 Å². The maximum atomic E-state index is 13.0. The summed E-state index contributed by atoms with van der Waals surface area (Å²) in [5, 5.41) is 12.3. The third-order valence-electron chi connectivity index (χ3n) is 7.31. The van der Waals surface area contributed by atoms with E-state index in [-0.39, 0.29) is 50.0 Å². The summed E-state index contributed by atoms with van der Waals surface area (Å²) in [6.07, 6.45) is 1.47. The number of alkyl carbamates (subject to hydrolysis) is 1. The molecule has 1 aliphatic heterocycles. The van der Waals surface area contributed by atoms with Crippen LogP contribution in [0.3, 0.4) is 0 Å². The number of fused-ring (bicyclic) bond motifs is 3. The van der Waals surface area contributed by atoms with Gasteiger partial charge in [-0.05, 0) is 47.9 Å². The first-order valence-electron chi connectivity index (χ1n) is 12.1. The second-order valence-corrected chi connectivity index (χ2v) is 9.82. The number of carboxylic acid groups (broad SMARTS) is 1. The van der Waals surface area contributed by atoms with Gasteiger partial charge in [0.2, 0.25) is 5.91 Å². The van der Waals surface area contributed by atoms with E-state index < -0.39 is 17.7 Å². The van der Waals surface area contributed by atoms with Gasteiger partial charge in [-0.3, -0.25) is 4.79 Å². The van der Waals surface area contributed by atoms with Crippen LogP contribution in [0.4, 0.5) is 4.79 Å². The molecule has 2 fully saturated rings. The number of amides is 2. The molecule has 0 radical (unpaired) electrons. The summed E-state index contributed by atoms with van der Waals surface area (Å²) < 4.78 is 11.1. The summed E-state index contributed by atoms with van der Waals surface area (Å²) in [6.45, 7) is 2.18. The number of nitrogens with one attached hydrogen (secondary N) is 1. The SMILES string of the molecule is CC1(C(=O)O)CN(C(=O)CC(NC(=O)OCC2c3ccccc3-c3ccccc32)C2CC2)CCO1. The van der Waals surface area contributed by atoms with Crippen molar-refractivity contribution >= 4 is 18.0 Å². The van der Waals surface area contributed by atoms with E-state index in [1.807, 2.05) is 24.3 Å². The zero-order valence-electron chi connectivity index (χ0n) is 19.7. The van der Waals surface area contributed by atoms with Crippen LogP contribution in [0.25, 0.3) is 11.1 Å². The molecule has 8 nitrogen and oxygen atoms in total. The normalized spacial score (nSPS) is 22.1. The van der Waals surface area contributed by atoms with E-state index in [1.54, 1.807) is 0 Å². The van der Waals surface area contributed by atoms with Gasteiger partial charge in [0.1, 0.15) is 6.61 Å². The Labute approximate surface area is 204 Å². The van der Waals surface area contributed by atoms with Crippen LogP contribution in [0.5, 0.6) is 0 Å². The van der Waals surface area contributed by atoms with Crippen molar-refractivity contribution in [3.63, 3.8) is 0 Å². The van der Waals surface area contributed by atoms with E-state index in [0.717, 1.165) is 35.1 Å². The molecule has 5 rings (SSSR count). The number of nitrogens with zero attached hydrogens (tertiary/aromatic N) is 1. The minimum absolute atomic E-state index is 0.0104. The third kappa shape index (κ3) is 4.75. The summed E-state index contributed by atoms with van der Waals surface area (Å²) >= 11 is 0. The van der Waals surface area contributed by atoms with Crippen molar-refractivity contribution in [3.05, 3.63) is 59.7 Å². The van der Waals surface area contributed by atoms with E-state index >= 15 is 0 Å². The van der Waals surface area contributed by atoms with Crippen LogP contribution in [-0.2, 0) is 19.1 Å². The zero-order chi connectivity index (χ0) is 24.6. The van der Waals surface area contributed by atoms with Crippen LogP contribution in [0.2, 0.25) is 0 Å². The molecule has 2 atom stereocenters. The number of carbonyl (C=O) groups is 3. The smallest absolute Gasteiger partial charge is 0.407 e. The zero-order valence-corrected chi connectivity index (χ0v) is 19.7. The molecule has 8 heteroatoms. The first-order chi connectivity index (χ1) is 16.9. The number of carbonyl (C=O) groups excluding carboxylic acids is 2. The maximum absolute atomic E-state index is 13.0. The summed E-state index contributed by atoms with van der Waals surface area (Å²) in [4.78, 5) is 38.8. The minimum Gasteiger partial charge on any atom is -0.479 e. The van der Waals surface area contributed by atoms with Crippen molar-refractivity contribution in [1.82, 2.24) is 10.2 Å². The number of morpholine rings is 1. The van der Waals surface area contributed by atoms with E-state index in [4.69, 9.17) is 9.47 Å². The highest BCUT2D eigenvalue weighted by Gasteiger charge is 2.42. The molecule has 2 unspecified atom stereocenters. The van der Waals surface area contributed by atoms with Gasteiger partial charge in [0.25, 0.3) is 0 Å². The van der Waals surface area contributed by atoms with Crippen LogP contribution >= 0.6 is 0 Å². The fraction of sp³-hybridized carbons (Fsp3) is 0.444. The molecule has 0 aromatic heterocycles. The summed E-state index contributed by atoms with van der Waals surface area (Å²) in [7, 11) is 0. The Morgan fingerprint density at radius 3 is 2.34 bits per heavy atom. The Hall–Kier alpha value is -3.39. The molecule has 0 bridgehead atoms. The Morgan fingerprint density at radius 2 is 1.74 bits per heavy atom. The Morgan fingerprint density at radius 1 is 1.11 bits per heavy atom. The van der Waals surface area contributed by atoms with Crippen LogP contribution in [0, 0.1) is 5.92 Å². The van der Waals surface area contributed by atoms with Crippen LogP contribution in [0.15, 0.2) is 48.5 Å². The molecule has 35 heavy (non-hydrogen) atoms. The van der Waals surface area contributed by atoms with E-state index in [1.165, 1.54) is 11.8 Å². The van der Waals surface area contributed by atoms with Crippen LogP contribution in [-0.4, -0.2) is 65.9 Å². The van der Waals surface area contributed by atoms with Crippen molar-refractivity contribution in [2.24, 2.45) is 5.92 Å². The van der Waals surface area contributed by atoms with Crippen molar-refractivity contribution in [2.75, 3.05) is 26.3 Å². The average molecular weight is 479 g/mol. The number of aliphatic carboxylic acids is 1. The molecule has 3 aliphatic rings. The summed E-state index contributed by atoms with van der Waals surface area (Å²) in [6, 6.07) is 16.0. The lowest BCUT2D eigenvalue weighted by molar-refractivity contribution is -0.177. The minimum atomic E-state index is -1.41. The second-order valence-electron chi connectivity index (χ2n) is 9.82. The number of ether oxygens (including phenoxy) is 2. The molecule has 1 saturated carbocycles.